The first-order chi connectivity index (χ1) is 11.9. The third kappa shape index (κ3) is 4.50. The Kier molecular flexibility index (Phi) is 5.57. The van der Waals surface area contributed by atoms with Crippen molar-refractivity contribution >= 4 is 22.1 Å². The lowest BCUT2D eigenvalue weighted by molar-refractivity contribution is -0.143. The first kappa shape index (κ1) is 20.1. The number of hydrogen-bond acceptors (Lipinski definition) is 5. The Hall–Kier alpha value is -2.20. The summed E-state index contributed by atoms with van der Waals surface area (Å²) in [7, 11) is -4.15. The number of benzene rings is 1. The Morgan fingerprint density at radius 3 is 2.27 bits per heavy atom. The van der Waals surface area contributed by atoms with Crippen molar-refractivity contribution in [2.75, 3.05) is 19.6 Å². The summed E-state index contributed by atoms with van der Waals surface area (Å²) < 4.78 is 44.5. The number of aliphatic carboxylic acids is 1. The van der Waals surface area contributed by atoms with Gasteiger partial charge in [-0.2, -0.15) is 4.31 Å². The molecule has 1 atom stereocenters. The zero-order valence-electron chi connectivity index (χ0n) is 14.7. The number of carboxylic acid groups (broad SMARTS) is 1. The largest absolute Gasteiger partial charge is 0.480 e. The van der Waals surface area contributed by atoms with Gasteiger partial charge in [-0.1, -0.05) is 0 Å². The number of amides is 1. The maximum atomic E-state index is 13.0. The molecular weight excluding hydrogens is 367 g/mol. The standard InChI is InChI=1S/C16H21FN2O6S/c1-16(2,3)25-15(22)18-8-9-19(13(10-18)14(20)21)26(23,24)12-6-4-11(17)5-7-12/h4-7,13H,8-10H2,1-3H3,(H,20,21). The lowest BCUT2D eigenvalue weighted by Gasteiger charge is -2.38. The van der Waals surface area contributed by atoms with Crippen molar-refractivity contribution in [2.45, 2.75) is 37.3 Å². The molecule has 1 unspecified atom stereocenters. The second-order valence-corrected chi connectivity index (χ2v) is 8.74. The summed E-state index contributed by atoms with van der Waals surface area (Å²) in [6, 6.07) is 2.65. The molecule has 0 aliphatic carbocycles. The van der Waals surface area contributed by atoms with Crippen molar-refractivity contribution in [1.82, 2.24) is 9.21 Å². The fourth-order valence-corrected chi connectivity index (χ4v) is 4.05. The summed E-state index contributed by atoms with van der Waals surface area (Å²) in [5.74, 6) is -1.99. The second-order valence-electron chi connectivity index (χ2n) is 6.85. The normalized spacial score (nSPS) is 19.2. The molecule has 10 heteroatoms. The molecule has 1 fully saturated rings. The average molecular weight is 388 g/mol. The highest BCUT2D eigenvalue weighted by atomic mass is 32.2. The SMILES string of the molecule is CC(C)(C)OC(=O)N1CCN(S(=O)(=O)c2ccc(F)cc2)C(C(=O)O)C1. The van der Waals surface area contributed by atoms with Crippen LogP contribution in [0, 0.1) is 5.82 Å². The highest BCUT2D eigenvalue weighted by Gasteiger charge is 2.42. The number of nitrogens with zero attached hydrogens (tertiary/aromatic N) is 2. The molecule has 0 aromatic heterocycles. The van der Waals surface area contributed by atoms with Crippen molar-refractivity contribution in [3.63, 3.8) is 0 Å². The van der Waals surface area contributed by atoms with Crippen LogP contribution >= 0.6 is 0 Å². The molecular formula is C16H21FN2O6S. The van der Waals surface area contributed by atoms with Crippen LogP contribution in [-0.4, -0.2) is 66.1 Å². The van der Waals surface area contributed by atoms with E-state index in [-0.39, 0.29) is 24.5 Å². The van der Waals surface area contributed by atoms with Gasteiger partial charge in [-0.25, -0.2) is 17.6 Å². The van der Waals surface area contributed by atoms with Crippen LogP contribution in [0.25, 0.3) is 0 Å². The van der Waals surface area contributed by atoms with E-state index in [0.29, 0.717) is 0 Å². The van der Waals surface area contributed by atoms with Gasteiger partial charge in [0.15, 0.2) is 0 Å². The van der Waals surface area contributed by atoms with Gasteiger partial charge in [-0.15, -0.1) is 0 Å². The fraction of sp³-hybridized carbons (Fsp3) is 0.500. The van der Waals surface area contributed by atoms with E-state index in [9.17, 15) is 27.5 Å². The number of sulfonamides is 1. The summed E-state index contributed by atoms with van der Waals surface area (Å²) in [5, 5.41) is 9.45. The molecule has 1 aromatic carbocycles. The molecule has 0 bridgehead atoms. The average Bonchev–Trinajstić information content (AvgIpc) is 2.53. The number of ether oxygens (including phenoxy) is 1. The summed E-state index contributed by atoms with van der Waals surface area (Å²) in [5.41, 5.74) is -0.757. The lowest BCUT2D eigenvalue weighted by atomic mass is 10.2. The molecule has 1 saturated heterocycles. The maximum absolute atomic E-state index is 13.0. The molecule has 8 nitrogen and oxygen atoms in total. The van der Waals surface area contributed by atoms with Crippen molar-refractivity contribution in [3.8, 4) is 0 Å². The van der Waals surface area contributed by atoms with Gasteiger partial charge in [0.25, 0.3) is 0 Å². The Labute approximate surface area is 151 Å². The van der Waals surface area contributed by atoms with Gasteiger partial charge in [0.2, 0.25) is 10.0 Å². The second kappa shape index (κ2) is 7.20. The first-order valence-electron chi connectivity index (χ1n) is 7.90. The molecule has 0 spiro atoms. The molecule has 1 aliphatic heterocycles. The summed E-state index contributed by atoms with van der Waals surface area (Å²) >= 11 is 0. The van der Waals surface area contributed by atoms with Crippen molar-refractivity contribution in [2.24, 2.45) is 0 Å². The summed E-state index contributed by atoms with van der Waals surface area (Å²) in [6.45, 7) is 4.46. The summed E-state index contributed by atoms with van der Waals surface area (Å²) in [4.78, 5) is 24.7. The van der Waals surface area contributed by atoms with Gasteiger partial charge in [0.1, 0.15) is 17.5 Å². The van der Waals surface area contributed by atoms with E-state index < -0.39 is 39.5 Å². The Balaban J connectivity index is 2.25. The van der Waals surface area contributed by atoms with Crippen molar-refractivity contribution < 1.29 is 32.2 Å². The monoisotopic (exact) mass is 388 g/mol. The molecule has 144 valence electrons. The molecule has 1 aliphatic rings. The number of rotatable bonds is 3. The number of carboxylic acids is 1. The van der Waals surface area contributed by atoms with E-state index in [1.165, 1.54) is 4.90 Å². The van der Waals surface area contributed by atoms with Crippen molar-refractivity contribution in [3.05, 3.63) is 30.1 Å². The van der Waals surface area contributed by atoms with Crippen LogP contribution in [0.2, 0.25) is 0 Å². The summed E-state index contributed by atoms with van der Waals surface area (Å²) in [6.07, 6.45) is -0.706. The molecule has 1 amide bonds. The molecule has 0 radical (unpaired) electrons. The Bertz CT molecular complexity index is 788. The van der Waals surface area contributed by atoms with Crippen LogP contribution in [0.1, 0.15) is 20.8 Å². The maximum Gasteiger partial charge on any atom is 0.410 e. The molecule has 2 rings (SSSR count). The van der Waals surface area contributed by atoms with E-state index in [1.807, 2.05) is 0 Å². The smallest absolute Gasteiger partial charge is 0.410 e. The molecule has 26 heavy (non-hydrogen) atoms. The van der Waals surface area contributed by atoms with Crippen LogP contribution in [0.5, 0.6) is 0 Å². The van der Waals surface area contributed by atoms with E-state index >= 15 is 0 Å². The first-order valence-corrected chi connectivity index (χ1v) is 9.34. The van der Waals surface area contributed by atoms with Gasteiger partial charge in [0, 0.05) is 13.1 Å². The van der Waals surface area contributed by atoms with E-state index in [2.05, 4.69) is 0 Å². The highest BCUT2D eigenvalue weighted by molar-refractivity contribution is 7.89. The third-order valence-corrected chi connectivity index (χ3v) is 5.61. The van der Waals surface area contributed by atoms with E-state index in [4.69, 9.17) is 4.74 Å². The Morgan fingerprint density at radius 2 is 1.77 bits per heavy atom. The van der Waals surface area contributed by atoms with E-state index in [1.54, 1.807) is 20.8 Å². The number of halogens is 1. The zero-order valence-corrected chi connectivity index (χ0v) is 15.5. The molecule has 1 N–H and O–H groups in total. The van der Waals surface area contributed by atoms with Gasteiger partial charge < -0.3 is 14.7 Å². The third-order valence-electron chi connectivity index (χ3n) is 3.69. The topological polar surface area (TPSA) is 104 Å². The number of hydrogen-bond donors (Lipinski definition) is 1. The van der Waals surface area contributed by atoms with Gasteiger partial charge in [0.05, 0.1) is 11.4 Å². The molecule has 0 saturated carbocycles. The van der Waals surface area contributed by atoms with Crippen LogP contribution in [-0.2, 0) is 19.6 Å². The predicted molar refractivity (Wildman–Crippen MR) is 89.5 cm³/mol. The molecule has 1 aromatic rings. The van der Waals surface area contributed by atoms with Gasteiger partial charge >= 0.3 is 12.1 Å². The minimum atomic E-state index is -4.15. The minimum Gasteiger partial charge on any atom is -0.480 e. The highest BCUT2D eigenvalue weighted by Crippen LogP contribution is 2.23. The number of carbonyl (C=O) groups excluding carboxylic acids is 1. The molecule has 1 heterocycles. The van der Waals surface area contributed by atoms with Gasteiger partial charge in [-0.3, -0.25) is 4.79 Å². The fourth-order valence-electron chi connectivity index (χ4n) is 2.49. The quantitative estimate of drug-likeness (QED) is 0.842. The number of piperazine rings is 1. The van der Waals surface area contributed by atoms with E-state index in [0.717, 1.165) is 28.6 Å². The number of carbonyl (C=O) groups is 2. The van der Waals surface area contributed by atoms with Crippen LogP contribution < -0.4 is 0 Å². The lowest BCUT2D eigenvalue weighted by Crippen LogP contribution is -2.59. The van der Waals surface area contributed by atoms with Crippen molar-refractivity contribution in [1.29, 1.82) is 0 Å². The van der Waals surface area contributed by atoms with Gasteiger partial charge in [-0.05, 0) is 45.0 Å². The van der Waals surface area contributed by atoms with Crippen LogP contribution in [0.15, 0.2) is 29.2 Å². The minimum absolute atomic E-state index is 0.0148. The van der Waals surface area contributed by atoms with Crippen LogP contribution in [0.3, 0.4) is 0 Å². The zero-order chi connectivity index (χ0) is 19.7. The van der Waals surface area contributed by atoms with Crippen LogP contribution in [0.4, 0.5) is 9.18 Å². The predicted octanol–water partition coefficient (Wildman–Crippen LogP) is 1.52. The Morgan fingerprint density at radius 1 is 1.19 bits per heavy atom.